The van der Waals surface area contributed by atoms with E-state index in [0.717, 1.165) is 42.4 Å². The van der Waals surface area contributed by atoms with Gasteiger partial charge in [-0.25, -0.2) is 4.98 Å². The monoisotopic (exact) mass is 334 g/mol. The molecule has 1 fully saturated rings. The van der Waals surface area contributed by atoms with Crippen molar-refractivity contribution in [1.82, 2.24) is 25.2 Å². The number of rotatable bonds is 5. The van der Waals surface area contributed by atoms with Gasteiger partial charge in [0, 0.05) is 24.4 Å². The molecular formula is C19H22N6. The Morgan fingerprint density at radius 2 is 1.80 bits per heavy atom. The Labute approximate surface area is 147 Å². The number of benzene rings is 1. The Morgan fingerprint density at radius 3 is 2.56 bits per heavy atom. The summed E-state index contributed by atoms with van der Waals surface area (Å²) in [6, 6.07) is 14.0. The van der Waals surface area contributed by atoms with E-state index in [-0.39, 0.29) is 0 Å². The molecule has 0 atom stereocenters. The Bertz CT molecular complexity index is 793. The van der Waals surface area contributed by atoms with Gasteiger partial charge in [0.25, 0.3) is 0 Å². The SMILES string of the molecule is c1ccc(Nn2nc(-c3ccncc3)nc2CC2CCNCC2)cc1. The first kappa shape index (κ1) is 15.8. The van der Waals surface area contributed by atoms with Crippen LogP contribution in [0.15, 0.2) is 54.9 Å². The van der Waals surface area contributed by atoms with Crippen LogP contribution in [0.2, 0.25) is 0 Å². The normalized spacial score (nSPS) is 15.2. The van der Waals surface area contributed by atoms with Gasteiger partial charge in [-0.1, -0.05) is 18.2 Å². The third-order valence-electron chi connectivity index (χ3n) is 4.55. The molecule has 1 saturated heterocycles. The molecule has 1 aromatic carbocycles. The third-order valence-corrected chi connectivity index (χ3v) is 4.55. The number of nitrogens with one attached hydrogen (secondary N) is 2. The molecule has 25 heavy (non-hydrogen) atoms. The molecule has 3 heterocycles. The summed E-state index contributed by atoms with van der Waals surface area (Å²) in [5, 5.41) is 8.11. The van der Waals surface area contributed by atoms with Crippen molar-refractivity contribution < 1.29 is 0 Å². The van der Waals surface area contributed by atoms with Crippen LogP contribution in [0, 0.1) is 5.92 Å². The topological polar surface area (TPSA) is 67.7 Å². The van der Waals surface area contributed by atoms with Crippen molar-refractivity contribution >= 4 is 5.69 Å². The van der Waals surface area contributed by atoms with Gasteiger partial charge >= 0.3 is 0 Å². The second-order valence-electron chi connectivity index (χ2n) is 6.37. The molecule has 1 aliphatic heterocycles. The summed E-state index contributed by atoms with van der Waals surface area (Å²) in [6.45, 7) is 2.17. The minimum Gasteiger partial charge on any atom is -0.317 e. The standard InChI is InChI=1S/C19H22N6/c1-2-4-17(5-3-1)23-25-18(14-15-6-10-20-11-7-15)22-19(24-25)16-8-12-21-13-9-16/h1-5,8-9,12-13,15,20,23H,6-7,10-11,14H2. The van der Waals surface area contributed by atoms with Crippen LogP contribution >= 0.6 is 0 Å². The van der Waals surface area contributed by atoms with Crippen LogP contribution < -0.4 is 10.7 Å². The number of aromatic nitrogens is 4. The Kier molecular flexibility index (Phi) is 4.70. The molecule has 0 bridgehead atoms. The zero-order valence-corrected chi connectivity index (χ0v) is 14.1. The molecule has 6 heteroatoms. The molecule has 128 valence electrons. The summed E-state index contributed by atoms with van der Waals surface area (Å²) in [5.74, 6) is 2.35. The Balaban J connectivity index is 1.63. The number of hydrogen-bond acceptors (Lipinski definition) is 5. The molecule has 2 N–H and O–H groups in total. The zero-order chi connectivity index (χ0) is 16.9. The number of anilines is 1. The molecule has 0 saturated carbocycles. The van der Waals surface area contributed by atoms with E-state index < -0.39 is 0 Å². The number of pyridine rings is 1. The molecule has 0 amide bonds. The lowest BCUT2D eigenvalue weighted by molar-refractivity contribution is 0.364. The molecule has 1 aliphatic rings. The first-order valence-electron chi connectivity index (χ1n) is 8.77. The summed E-state index contributed by atoms with van der Waals surface area (Å²) < 4.78 is 0. The minimum absolute atomic E-state index is 0.645. The number of para-hydroxylation sites is 1. The lowest BCUT2D eigenvalue weighted by atomic mass is 9.94. The van der Waals surface area contributed by atoms with Crippen LogP contribution in [-0.2, 0) is 6.42 Å². The van der Waals surface area contributed by atoms with Crippen molar-refractivity contribution in [2.24, 2.45) is 5.92 Å². The van der Waals surface area contributed by atoms with Crippen molar-refractivity contribution in [3.63, 3.8) is 0 Å². The lowest BCUT2D eigenvalue weighted by Crippen LogP contribution is -2.29. The Hall–Kier alpha value is -2.73. The van der Waals surface area contributed by atoms with Crippen molar-refractivity contribution in [1.29, 1.82) is 0 Å². The van der Waals surface area contributed by atoms with Gasteiger partial charge in [-0.05, 0) is 56.1 Å². The van der Waals surface area contributed by atoms with E-state index in [4.69, 9.17) is 10.1 Å². The highest BCUT2D eigenvalue weighted by Crippen LogP contribution is 2.20. The maximum absolute atomic E-state index is 4.81. The molecule has 0 spiro atoms. The molecule has 6 nitrogen and oxygen atoms in total. The smallest absolute Gasteiger partial charge is 0.183 e. The second-order valence-corrected chi connectivity index (χ2v) is 6.37. The van der Waals surface area contributed by atoms with Crippen molar-refractivity contribution in [2.45, 2.75) is 19.3 Å². The third kappa shape index (κ3) is 3.85. The summed E-state index contributed by atoms with van der Waals surface area (Å²) in [7, 11) is 0. The highest BCUT2D eigenvalue weighted by Gasteiger charge is 2.19. The summed E-state index contributed by atoms with van der Waals surface area (Å²) in [6.07, 6.45) is 6.84. The van der Waals surface area contributed by atoms with E-state index in [1.54, 1.807) is 12.4 Å². The average molecular weight is 334 g/mol. The van der Waals surface area contributed by atoms with Crippen LogP contribution in [0.4, 0.5) is 5.69 Å². The lowest BCUT2D eigenvalue weighted by Gasteiger charge is -2.22. The largest absolute Gasteiger partial charge is 0.317 e. The van der Waals surface area contributed by atoms with Crippen LogP contribution in [0.1, 0.15) is 18.7 Å². The summed E-state index contributed by atoms with van der Waals surface area (Å²) in [5.41, 5.74) is 5.35. The molecule has 0 aliphatic carbocycles. The molecule has 0 radical (unpaired) electrons. The number of piperidine rings is 1. The van der Waals surface area contributed by atoms with Crippen LogP contribution in [0.3, 0.4) is 0 Å². The highest BCUT2D eigenvalue weighted by atomic mass is 15.6. The average Bonchev–Trinajstić information content (AvgIpc) is 3.06. The fourth-order valence-corrected chi connectivity index (χ4v) is 3.17. The van der Waals surface area contributed by atoms with Gasteiger partial charge in [-0.15, -0.1) is 5.10 Å². The van der Waals surface area contributed by atoms with E-state index in [1.165, 1.54) is 12.8 Å². The van der Waals surface area contributed by atoms with Gasteiger partial charge in [0.05, 0.1) is 5.69 Å². The van der Waals surface area contributed by atoms with Gasteiger partial charge in [-0.3, -0.25) is 10.4 Å². The first-order valence-corrected chi connectivity index (χ1v) is 8.77. The van der Waals surface area contributed by atoms with Crippen LogP contribution in [0.5, 0.6) is 0 Å². The van der Waals surface area contributed by atoms with Gasteiger partial charge in [0.1, 0.15) is 0 Å². The maximum atomic E-state index is 4.81. The fourth-order valence-electron chi connectivity index (χ4n) is 3.17. The van der Waals surface area contributed by atoms with Crippen molar-refractivity contribution in [3.8, 4) is 11.4 Å². The van der Waals surface area contributed by atoms with E-state index in [9.17, 15) is 0 Å². The van der Waals surface area contributed by atoms with Gasteiger partial charge in [-0.2, -0.15) is 4.79 Å². The summed E-state index contributed by atoms with van der Waals surface area (Å²) in [4.78, 5) is 10.7. The van der Waals surface area contributed by atoms with Gasteiger partial charge < -0.3 is 5.32 Å². The minimum atomic E-state index is 0.645. The molecule has 3 aromatic rings. The van der Waals surface area contributed by atoms with E-state index in [2.05, 4.69) is 15.7 Å². The van der Waals surface area contributed by atoms with Gasteiger partial charge in [0.15, 0.2) is 11.6 Å². The van der Waals surface area contributed by atoms with Crippen LogP contribution in [-0.4, -0.2) is 32.9 Å². The Morgan fingerprint density at radius 1 is 1.04 bits per heavy atom. The van der Waals surface area contributed by atoms with Crippen molar-refractivity contribution in [3.05, 3.63) is 60.7 Å². The first-order chi connectivity index (χ1) is 12.4. The molecule has 0 unspecified atom stereocenters. The fraction of sp³-hybridized carbons (Fsp3) is 0.316. The molecule has 4 rings (SSSR count). The predicted molar refractivity (Wildman–Crippen MR) is 98.0 cm³/mol. The number of nitrogens with zero attached hydrogens (tertiary/aromatic N) is 4. The maximum Gasteiger partial charge on any atom is 0.183 e. The second kappa shape index (κ2) is 7.44. The van der Waals surface area contributed by atoms with Gasteiger partial charge in [0.2, 0.25) is 0 Å². The predicted octanol–water partition coefficient (Wildman–Crippen LogP) is 2.76. The zero-order valence-electron chi connectivity index (χ0n) is 14.1. The van der Waals surface area contributed by atoms with E-state index in [0.29, 0.717) is 5.92 Å². The molecular weight excluding hydrogens is 312 g/mol. The highest BCUT2D eigenvalue weighted by molar-refractivity contribution is 5.53. The molecule has 2 aromatic heterocycles. The van der Waals surface area contributed by atoms with E-state index >= 15 is 0 Å². The van der Waals surface area contributed by atoms with Crippen LogP contribution in [0.25, 0.3) is 11.4 Å². The summed E-state index contributed by atoms with van der Waals surface area (Å²) >= 11 is 0. The van der Waals surface area contributed by atoms with Crippen molar-refractivity contribution in [2.75, 3.05) is 18.5 Å². The quantitative estimate of drug-likeness (QED) is 0.751. The van der Waals surface area contributed by atoms with E-state index in [1.807, 2.05) is 47.3 Å². The number of hydrogen-bond donors (Lipinski definition) is 2.